The SMILES string of the molecule is CCC(=O)N[C@H](Cc1ccc(NC(=O)[C@@H](NC(=O)C(F)(F)c2ccc(NC)nc2)C2CCCCC2)c(F)c1)C(=O)N1CCN(C)CC1. The topological polar surface area (TPSA) is 136 Å². The first-order valence-electron chi connectivity index (χ1n) is 16.1. The highest BCUT2D eigenvalue weighted by Crippen LogP contribution is 2.31. The molecule has 14 heteroatoms. The lowest BCUT2D eigenvalue weighted by molar-refractivity contribution is -0.149. The first kappa shape index (κ1) is 35.7. The minimum absolute atomic E-state index is 0.0298. The number of anilines is 2. The highest BCUT2D eigenvalue weighted by Gasteiger charge is 2.44. The number of carbonyl (C=O) groups is 4. The molecule has 4 N–H and O–H groups in total. The Morgan fingerprint density at radius 3 is 2.30 bits per heavy atom. The van der Waals surface area contributed by atoms with E-state index in [1.54, 1.807) is 18.9 Å². The molecule has 47 heavy (non-hydrogen) atoms. The molecule has 2 aromatic rings. The van der Waals surface area contributed by atoms with E-state index in [4.69, 9.17) is 0 Å². The zero-order valence-corrected chi connectivity index (χ0v) is 27.1. The van der Waals surface area contributed by atoms with Crippen LogP contribution in [0.15, 0.2) is 36.5 Å². The molecule has 2 aliphatic rings. The summed E-state index contributed by atoms with van der Waals surface area (Å²) in [4.78, 5) is 59.6. The van der Waals surface area contributed by atoms with Crippen molar-refractivity contribution in [3.63, 3.8) is 0 Å². The van der Waals surface area contributed by atoms with E-state index in [0.717, 1.165) is 31.5 Å². The fraction of sp³-hybridized carbons (Fsp3) is 0.545. The molecule has 1 aromatic carbocycles. The second-order valence-corrected chi connectivity index (χ2v) is 12.2. The molecule has 2 heterocycles. The predicted octanol–water partition coefficient (Wildman–Crippen LogP) is 3.27. The number of amides is 4. The quantitative estimate of drug-likeness (QED) is 0.275. The van der Waals surface area contributed by atoms with Crippen molar-refractivity contribution in [3.05, 3.63) is 53.5 Å². The van der Waals surface area contributed by atoms with E-state index >= 15 is 13.2 Å². The third-order valence-corrected chi connectivity index (χ3v) is 8.86. The summed E-state index contributed by atoms with van der Waals surface area (Å²) in [6, 6.07) is 4.20. The Balaban J connectivity index is 1.48. The van der Waals surface area contributed by atoms with Crippen LogP contribution < -0.4 is 21.3 Å². The fourth-order valence-electron chi connectivity index (χ4n) is 5.93. The van der Waals surface area contributed by atoms with E-state index in [1.165, 1.54) is 24.3 Å². The number of halogens is 3. The number of aromatic nitrogens is 1. The summed E-state index contributed by atoms with van der Waals surface area (Å²) in [6.45, 7) is 4.09. The second-order valence-electron chi connectivity index (χ2n) is 12.2. The van der Waals surface area contributed by atoms with E-state index in [-0.39, 0.29) is 30.3 Å². The van der Waals surface area contributed by atoms with Gasteiger partial charge in [0.15, 0.2) is 0 Å². The number of nitrogens with one attached hydrogen (secondary N) is 4. The second kappa shape index (κ2) is 16.1. The maximum absolute atomic E-state index is 15.4. The third-order valence-electron chi connectivity index (χ3n) is 8.86. The van der Waals surface area contributed by atoms with Crippen LogP contribution in [0, 0.1) is 11.7 Å². The van der Waals surface area contributed by atoms with E-state index in [2.05, 4.69) is 31.2 Å². The number of pyridine rings is 1. The van der Waals surface area contributed by atoms with Gasteiger partial charge in [-0.1, -0.05) is 32.3 Å². The number of hydrogen-bond acceptors (Lipinski definition) is 7. The van der Waals surface area contributed by atoms with Gasteiger partial charge in [-0.15, -0.1) is 0 Å². The van der Waals surface area contributed by atoms with Crippen LogP contribution in [0.5, 0.6) is 0 Å². The number of hydrogen-bond donors (Lipinski definition) is 4. The number of rotatable bonds is 12. The smallest absolute Gasteiger partial charge is 0.351 e. The Morgan fingerprint density at radius 1 is 1.00 bits per heavy atom. The maximum atomic E-state index is 15.4. The monoisotopic (exact) mass is 659 g/mol. The standard InChI is InChI=1S/C33H44F3N7O4/c1-4-28(44)39-26(31(46)43-16-14-42(3)15-17-43)19-21-10-12-25(24(34)18-21)40-30(45)29(22-8-6-5-7-9-22)41-32(47)33(35,36)23-11-13-27(37-2)38-20-23/h10-13,18,20,22,26,29H,4-9,14-17,19H2,1-3H3,(H,37,38)(H,39,44)(H,40,45)(H,41,47)/t26-,29+/m1/s1. The van der Waals surface area contributed by atoms with Crippen LogP contribution >= 0.6 is 0 Å². The van der Waals surface area contributed by atoms with Crippen molar-refractivity contribution >= 4 is 35.1 Å². The number of nitrogens with zero attached hydrogens (tertiary/aromatic N) is 3. The molecule has 0 radical (unpaired) electrons. The van der Waals surface area contributed by atoms with Gasteiger partial charge in [-0.25, -0.2) is 9.37 Å². The molecule has 2 fully saturated rings. The highest BCUT2D eigenvalue weighted by atomic mass is 19.3. The van der Waals surface area contributed by atoms with Crippen LogP contribution in [0.25, 0.3) is 0 Å². The van der Waals surface area contributed by atoms with Gasteiger partial charge in [-0.05, 0) is 55.6 Å². The van der Waals surface area contributed by atoms with Gasteiger partial charge < -0.3 is 31.1 Å². The number of piperazine rings is 1. The van der Waals surface area contributed by atoms with Crippen molar-refractivity contribution in [2.45, 2.75) is 69.9 Å². The average Bonchev–Trinajstić information content (AvgIpc) is 3.08. The Labute approximate surface area is 273 Å². The summed E-state index contributed by atoms with van der Waals surface area (Å²) in [5, 5.41) is 10.2. The number of alkyl halides is 2. The average molecular weight is 660 g/mol. The van der Waals surface area contributed by atoms with Gasteiger partial charge in [0.05, 0.1) is 5.69 Å². The molecule has 1 aromatic heterocycles. The molecule has 1 saturated carbocycles. The molecule has 0 bridgehead atoms. The summed E-state index contributed by atoms with van der Waals surface area (Å²) < 4.78 is 45.8. The Morgan fingerprint density at radius 2 is 1.70 bits per heavy atom. The molecule has 0 spiro atoms. The first-order valence-corrected chi connectivity index (χ1v) is 16.1. The number of benzene rings is 1. The summed E-state index contributed by atoms with van der Waals surface area (Å²) in [7, 11) is 3.54. The lowest BCUT2D eigenvalue weighted by atomic mass is 9.83. The lowest BCUT2D eigenvalue weighted by Gasteiger charge is -2.34. The van der Waals surface area contributed by atoms with Crippen LogP contribution in [-0.2, 0) is 31.5 Å². The summed E-state index contributed by atoms with van der Waals surface area (Å²) in [6.07, 6.45) is 4.63. The molecule has 1 saturated heterocycles. The van der Waals surface area contributed by atoms with Crippen LogP contribution in [0.2, 0.25) is 0 Å². The molecule has 11 nitrogen and oxygen atoms in total. The van der Waals surface area contributed by atoms with Crippen LogP contribution in [-0.4, -0.2) is 90.8 Å². The summed E-state index contributed by atoms with van der Waals surface area (Å²) in [5.74, 6) is -7.87. The van der Waals surface area contributed by atoms with Crippen molar-refractivity contribution in [1.82, 2.24) is 25.4 Å². The van der Waals surface area contributed by atoms with Gasteiger partial charge in [-0.2, -0.15) is 8.78 Å². The van der Waals surface area contributed by atoms with Crippen LogP contribution in [0.4, 0.5) is 24.7 Å². The van der Waals surface area contributed by atoms with Crippen molar-refractivity contribution in [2.24, 2.45) is 5.92 Å². The van der Waals surface area contributed by atoms with Gasteiger partial charge >= 0.3 is 5.92 Å². The summed E-state index contributed by atoms with van der Waals surface area (Å²) in [5.41, 5.74) is -0.413. The predicted molar refractivity (Wildman–Crippen MR) is 171 cm³/mol. The molecule has 4 rings (SSSR count). The third kappa shape index (κ3) is 9.21. The van der Waals surface area contributed by atoms with Crippen LogP contribution in [0.3, 0.4) is 0 Å². The minimum Gasteiger partial charge on any atom is -0.373 e. The Hall–Kier alpha value is -4.20. The molecule has 1 aliphatic heterocycles. The van der Waals surface area contributed by atoms with Crippen molar-refractivity contribution < 1.29 is 32.3 Å². The van der Waals surface area contributed by atoms with Crippen molar-refractivity contribution in [3.8, 4) is 0 Å². The zero-order valence-electron chi connectivity index (χ0n) is 27.1. The van der Waals surface area contributed by atoms with E-state index in [0.29, 0.717) is 50.4 Å². The van der Waals surface area contributed by atoms with Gasteiger partial charge in [-0.3, -0.25) is 19.2 Å². The Kier molecular flexibility index (Phi) is 12.2. The highest BCUT2D eigenvalue weighted by molar-refractivity contribution is 5.98. The van der Waals surface area contributed by atoms with Crippen LogP contribution in [0.1, 0.15) is 56.6 Å². The molecule has 1 aliphatic carbocycles. The van der Waals surface area contributed by atoms with E-state index < -0.39 is 47.1 Å². The van der Waals surface area contributed by atoms with Gasteiger partial charge in [0.1, 0.15) is 23.7 Å². The van der Waals surface area contributed by atoms with Gasteiger partial charge in [0.2, 0.25) is 17.7 Å². The number of likely N-dealkylation sites (N-methyl/N-ethyl adjacent to an activating group) is 1. The molecule has 256 valence electrons. The van der Waals surface area contributed by atoms with E-state index in [1.807, 2.05) is 7.05 Å². The Bertz CT molecular complexity index is 1410. The van der Waals surface area contributed by atoms with Gasteiger partial charge in [0.25, 0.3) is 5.91 Å². The van der Waals surface area contributed by atoms with Crippen molar-refractivity contribution in [1.29, 1.82) is 0 Å². The molecular formula is C33H44F3N7O4. The summed E-state index contributed by atoms with van der Waals surface area (Å²) >= 11 is 0. The minimum atomic E-state index is -3.97. The lowest BCUT2D eigenvalue weighted by Crippen LogP contribution is -2.54. The van der Waals surface area contributed by atoms with E-state index in [9.17, 15) is 19.2 Å². The molecule has 2 atom stereocenters. The molecule has 4 amide bonds. The maximum Gasteiger partial charge on any atom is 0.351 e. The number of carbonyl (C=O) groups excluding carboxylic acids is 4. The zero-order chi connectivity index (χ0) is 34.1. The van der Waals surface area contributed by atoms with Gasteiger partial charge in [0, 0.05) is 57.8 Å². The fourth-order valence-corrected chi connectivity index (χ4v) is 5.93. The van der Waals surface area contributed by atoms with Crippen molar-refractivity contribution in [2.75, 3.05) is 50.9 Å². The normalized spacial score (nSPS) is 17.4. The first-order chi connectivity index (χ1) is 22.4. The molecule has 0 unspecified atom stereocenters. The molecular weight excluding hydrogens is 615 g/mol. The largest absolute Gasteiger partial charge is 0.373 e.